The molecule has 2 saturated heterocycles. The number of ether oxygens (including phenoxy) is 1. The van der Waals surface area contributed by atoms with Gasteiger partial charge >= 0.3 is 0 Å². The zero-order valence-corrected chi connectivity index (χ0v) is 15.4. The second-order valence-electron chi connectivity index (χ2n) is 6.81. The Labute approximate surface area is 150 Å². The first kappa shape index (κ1) is 18.0. The highest BCUT2D eigenvalue weighted by molar-refractivity contribution is 7.89. The summed E-state index contributed by atoms with van der Waals surface area (Å²) in [4.78, 5) is 0.416. The molecule has 1 aromatic carbocycles. The predicted octanol–water partition coefficient (Wildman–Crippen LogP) is 2.20. The van der Waals surface area contributed by atoms with Crippen LogP contribution in [0, 0.1) is 5.92 Å². The van der Waals surface area contributed by atoms with Crippen LogP contribution in [0.25, 0.3) is 0 Å². The van der Waals surface area contributed by atoms with Gasteiger partial charge in [0.05, 0.1) is 11.5 Å². The van der Waals surface area contributed by atoms with Crippen LogP contribution < -0.4 is 10.1 Å². The van der Waals surface area contributed by atoms with Crippen LogP contribution in [0.4, 0.5) is 0 Å². The number of sulfonamides is 1. The van der Waals surface area contributed by atoms with Gasteiger partial charge in [-0.15, -0.1) is 12.4 Å². The number of piperidine rings is 1. The summed E-state index contributed by atoms with van der Waals surface area (Å²) >= 11 is 0. The van der Waals surface area contributed by atoms with E-state index < -0.39 is 10.0 Å². The quantitative estimate of drug-likeness (QED) is 0.883. The van der Waals surface area contributed by atoms with Gasteiger partial charge in [-0.25, -0.2) is 8.42 Å². The molecule has 1 aromatic rings. The monoisotopic (exact) mass is 372 g/mol. The van der Waals surface area contributed by atoms with Crippen molar-refractivity contribution in [3.8, 4) is 5.75 Å². The number of benzene rings is 1. The molecule has 2 fully saturated rings. The van der Waals surface area contributed by atoms with Gasteiger partial charge in [-0.2, -0.15) is 4.31 Å². The topological polar surface area (TPSA) is 58.6 Å². The Morgan fingerprint density at radius 2 is 1.96 bits per heavy atom. The summed E-state index contributed by atoms with van der Waals surface area (Å²) in [5.41, 5.74) is 1.01. The van der Waals surface area contributed by atoms with Gasteiger partial charge in [-0.05, 0) is 61.9 Å². The molecule has 3 aliphatic heterocycles. The second kappa shape index (κ2) is 7.20. The van der Waals surface area contributed by atoms with Crippen molar-refractivity contribution in [2.24, 2.45) is 5.92 Å². The van der Waals surface area contributed by atoms with Gasteiger partial charge in [0.2, 0.25) is 10.0 Å². The normalized spacial score (nSPS) is 25.1. The Kier molecular flexibility index (Phi) is 5.39. The summed E-state index contributed by atoms with van der Waals surface area (Å²) in [6, 6.07) is 5.87. The van der Waals surface area contributed by atoms with Gasteiger partial charge in [0.15, 0.2) is 0 Å². The molecule has 1 N–H and O–H groups in total. The molecule has 5 nitrogen and oxygen atoms in total. The van der Waals surface area contributed by atoms with Gasteiger partial charge in [0.1, 0.15) is 5.75 Å². The number of hydrogen-bond acceptors (Lipinski definition) is 4. The number of halogens is 1. The molecule has 4 rings (SSSR count). The summed E-state index contributed by atoms with van der Waals surface area (Å²) in [5.74, 6) is 1.45. The van der Waals surface area contributed by atoms with E-state index in [1.165, 1.54) is 12.8 Å². The number of fused-ring (bicyclic) bond motifs is 1. The van der Waals surface area contributed by atoms with Crippen molar-refractivity contribution in [3.63, 3.8) is 0 Å². The number of nitrogens with one attached hydrogen (secondary N) is 1. The summed E-state index contributed by atoms with van der Waals surface area (Å²) in [6.45, 7) is 3.04. The molecule has 0 aromatic heterocycles. The number of nitrogens with zero attached hydrogens (tertiary/aromatic N) is 1. The Morgan fingerprint density at radius 3 is 2.67 bits per heavy atom. The maximum Gasteiger partial charge on any atom is 0.243 e. The first-order chi connectivity index (χ1) is 11.1. The van der Waals surface area contributed by atoms with Crippen LogP contribution >= 0.6 is 12.4 Å². The third-order valence-corrected chi connectivity index (χ3v) is 7.36. The van der Waals surface area contributed by atoms with E-state index >= 15 is 0 Å². The first-order valence-electron chi connectivity index (χ1n) is 8.64. The molecule has 0 amide bonds. The van der Waals surface area contributed by atoms with E-state index in [1.54, 1.807) is 22.5 Å². The molecule has 1 unspecified atom stereocenters. The van der Waals surface area contributed by atoms with E-state index in [4.69, 9.17) is 4.74 Å². The molecule has 134 valence electrons. The van der Waals surface area contributed by atoms with E-state index in [0.29, 0.717) is 36.6 Å². The average molecular weight is 373 g/mol. The van der Waals surface area contributed by atoms with E-state index in [2.05, 4.69) is 5.32 Å². The molecule has 0 saturated carbocycles. The molecule has 3 heterocycles. The number of rotatable bonds is 3. The highest BCUT2D eigenvalue weighted by Gasteiger charge is 2.33. The average Bonchev–Trinajstić information content (AvgIpc) is 3.25. The Bertz CT molecular complexity index is 681. The lowest BCUT2D eigenvalue weighted by atomic mass is 9.89. The SMILES string of the molecule is Cl.O=S(=O)(c1ccc2c(c1)CCO2)N1CCC(C2CCCN2)CC1. The van der Waals surface area contributed by atoms with Crippen molar-refractivity contribution in [2.75, 3.05) is 26.2 Å². The lowest BCUT2D eigenvalue weighted by Crippen LogP contribution is -2.43. The maximum atomic E-state index is 12.9. The Morgan fingerprint density at radius 1 is 1.17 bits per heavy atom. The smallest absolute Gasteiger partial charge is 0.243 e. The highest BCUT2D eigenvalue weighted by Crippen LogP contribution is 2.31. The van der Waals surface area contributed by atoms with Crippen LogP contribution in [-0.2, 0) is 16.4 Å². The van der Waals surface area contributed by atoms with Crippen LogP contribution in [0.1, 0.15) is 31.2 Å². The minimum atomic E-state index is -3.37. The van der Waals surface area contributed by atoms with Gasteiger partial charge in [-0.3, -0.25) is 0 Å². The first-order valence-corrected chi connectivity index (χ1v) is 10.1. The van der Waals surface area contributed by atoms with E-state index in [9.17, 15) is 8.42 Å². The fourth-order valence-electron chi connectivity index (χ4n) is 4.10. The van der Waals surface area contributed by atoms with Crippen LogP contribution in [0.5, 0.6) is 5.75 Å². The van der Waals surface area contributed by atoms with Crippen LogP contribution in [-0.4, -0.2) is 45.0 Å². The minimum absolute atomic E-state index is 0. The Balaban J connectivity index is 0.00000169. The van der Waals surface area contributed by atoms with Crippen LogP contribution in [0.15, 0.2) is 23.1 Å². The molecule has 0 spiro atoms. The number of hydrogen-bond donors (Lipinski definition) is 1. The van der Waals surface area contributed by atoms with E-state index in [0.717, 1.165) is 37.1 Å². The molecule has 7 heteroatoms. The standard InChI is InChI=1S/C17H24N2O3S.ClH/c20-23(21,15-3-4-17-14(12-15)7-11-22-17)19-9-5-13(6-10-19)16-2-1-8-18-16;/h3-4,12-13,16,18H,1-2,5-11H2;1H. The molecular formula is C17H25ClN2O3S. The molecule has 0 radical (unpaired) electrons. The molecule has 0 aliphatic carbocycles. The highest BCUT2D eigenvalue weighted by atomic mass is 35.5. The van der Waals surface area contributed by atoms with Crippen molar-refractivity contribution in [1.82, 2.24) is 9.62 Å². The van der Waals surface area contributed by atoms with E-state index in [1.807, 2.05) is 0 Å². The van der Waals surface area contributed by atoms with Crippen LogP contribution in [0.3, 0.4) is 0 Å². The fraction of sp³-hybridized carbons (Fsp3) is 0.647. The lowest BCUT2D eigenvalue weighted by molar-refractivity contribution is 0.234. The molecule has 1 atom stereocenters. The molecule has 3 aliphatic rings. The second-order valence-corrected chi connectivity index (χ2v) is 8.75. The van der Waals surface area contributed by atoms with Gasteiger partial charge < -0.3 is 10.1 Å². The predicted molar refractivity (Wildman–Crippen MR) is 95.4 cm³/mol. The van der Waals surface area contributed by atoms with Gasteiger partial charge in [0.25, 0.3) is 0 Å². The van der Waals surface area contributed by atoms with Crippen molar-refractivity contribution < 1.29 is 13.2 Å². The minimum Gasteiger partial charge on any atom is -0.493 e. The third-order valence-electron chi connectivity index (χ3n) is 5.46. The molecule has 0 bridgehead atoms. The van der Waals surface area contributed by atoms with Crippen LogP contribution in [0.2, 0.25) is 0 Å². The zero-order valence-electron chi connectivity index (χ0n) is 13.7. The van der Waals surface area contributed by atoms with Crippen molar-refractivity contribution in [3.05, 3.63) is 23.8 Å². The molecule has 24 heavy (non-hydrogen) atoms. The van der Waals surface area contributed by atoms with Crippen molar-refractivity contribution >= 4 is 22.4 Å². The lowest BCUT2D eigenvalue weighted by Gasteiger charge is -2.34. The Hall–Kier alpha value is -0.820. The summed E-state index contributed by atoms with van der Waals surface area (Å²) < 4.78 is 32.9. The fourth-order valence-corrected chi connectivity index (χ4v) is 5.63. The zero-order chi connectivity index (χ0) is 15.9. The summed E-state index contributed by atoms with van der Waals surface area (Å²) in [5, 5.41) is 3.56. The largest absolute Gasteiger partial charge is 0.493 e. The van der Waals surface area contributed by atoms with Crippen molar-refractivity contribution in [1.29, 1.82) is 0 Å². The van der Waals surface area contributed by atoms with Gasteiger partial charge in [0, 0.05) is 25.6 Å². The maximum absolute atomic E-state index is 12.9. The van der Waals surface area contributed by atoms with Gasteiger partial charge in [-0.1, -0.05) is 0 Å². The third kappa shape index (κ3) is 3.29. The van der Waals surface area contributed by atoms with Crippen molar-refractivity contribution in [2.45, 2.75) is 43.0 Å². The summed E-state index contributed by atoms with van der Waals surface area (Å²) in [7, 11) is -3.37. The molecular weight excluding hydrogens is 348 g/mol. The van der Waals surface area contributed by atoms with E-state index in [-0.39, 0.29) is 12.4 Å². The summed E-state index contributed by atoms with van der Waals surface area (Å²) in [6.07, 6.45) is 5.21.